The van der Waals surface area contributed by atoms with E-state index in [-0.39, 0.29) is 36.1 Å². The Balaban J connectivity index is 1.21. The predicted octanol–water partition coefficient (Wildman–Crippen LogP) is 9.09. The van der Waals surface area contributed by atoms with Crippen molar-refractivity contribution in [2.75, 3.05) is 21.3 Å². The van der Waals surface area contributed by atoms with Crippen molar-refractivity contribution in [3.05, 3.63) is 131 Å². The van der Waals surface area contributed by atoms with E-state index < -0.39 is 46.8 Å². The van der Waals surface area contributed by atoms with E-state index in [0.29, 0.717) is 22.5 Å². The second-order valence-electron chi connectivity index (χ2n) is 10.2. The van der Waals surface area contributed by atoms with Crippen LogP contribution in [0, 0.1) is 23.3 Å². The molecule has 5 aromatic carbocycles. The Bertz CT molecular complexity index is 1810. The first kappa shape index (κ1) is 35.1. The van der Waals surface area contributed by atoms with Gasteiger partial charge in [0.15, 0.2) is 0 Å². The number of carbonyl (C=O) groups excluding carboxylic acids is 2. The van der Waals surface area contributed by atoms with Crippen molar-refractivity contribution < 1.29 is 56.9 Å². The fourth-order valence-electron chi connectivity index (χ4n) is 4.46. The van der Waals surface area contributed by atoms with Gasteiger partial charge in [-0.25, -0.2) is 19.4 Å². The molecule has 0 radical (unpaired) electrons. The number of ether oxygens (including phenoxy) is 2. The molecule has 0 bridgehead atoms. The van der Waals surface area contributed by atoms with E-state index in [1.54, 1.807) is 48.5 Å². The number of para-hydroxylation sites is 2. The van der Waals surface area contributed by atoms with Crippen LogP contribution in [-0.4, -0.2) is 22.6 Å². The first-order valence-electron chi connectivity index (χ1n) is 14.4. The largest absolute Gasteiger partial charge is 0.451 e. The van der Waals surface area contributed by atoms with E-state index in [1.165, 1.54) is 48.5 Å². The number of halogens is 4. The number of anilines is 4. The molecule has 5 rings (SSSR count). The van der Waals surface area contributed by atoms with Gasteiger partial charge in [-0.05, 0) is 60.7 Å². The number of benzene rings is 5. The molecule has 0 fully saturated rings. The van der Waals surface area contributed by atoms with E-state index in [9.17, 15) is 27.2 Å². The zero-order valence-corrected chi connectivity index (χ0v) is 25.5. The Morgan fingerprint density at radius 1 is 0.500 bits per heavy atom. The Hall–Kier alpha value is -6.20. The van der Waals surface area contributed by atoms with Crippen LogP contribution in [0.3, 0.4) is 0 Å². The number of carbonyl (C=O) groups is 2. The molecule has 0 aliphatic rings. The van der Waals surface area contributed by atoms with Crippen LogP contribution in [0.25, 0.3) is 0 Å². The molecule has 0 unspecified atom stereocenters. The SMILES string of the molecule is O=C(Nc1ccc(Oc2c(F)c(F)c(Oc3ccc(NC(=O)Nc4ccccc4COO)cc3)c(F)c2F)cc1)Nc1ccccc1COO. The van der Waals surface area contributed by atoms with E-state index in [1.807, 2.05) is 0 Å². The van der Waals surface area contributed by atoms with E-state index in [2.05, 4.69) is 31.0 Å². The highest BCUT2D eigenvalue weighted by molar-refractivity contribution is 6.01. The second-order valence-corrected chi connectivity index (χ2v) is 10.2. The van der Waals surface area contributed by atoms with Gasteiger partial charge in [0, 0.05) is 33.9 Å². The minimum Gasteiger partial charge on any atom is -0.451 e. The van der Waals surface area contributed by atoms with Crippen molar-refractivity contribution in [1.29, 1.82) is 0 Å². The molecule has 0 aliphatic carbocycles. The van der Waals surface area contributed by atoms with E-state index in [4.69, 9.17) is 20.0 Å². The molecule has 50 heavy (non-hydrogen) atoms. The van der Waals surface area contributed by atoms with Gasteiger partial charge in [0.1, 0.15) is 24.7 Å². The highest BCUT2D eigenvalue weighted by Gasteiger charge is 2.29. The summed E-state index contributed by atoms with van der Waals surface area (Å²) in [5.41, 5.74) is 2.18. The molecule has 0 heterocycles. The average Bonchev–Trinajstić information content (AvgIpc) is 3.11. The summed E-state index contributed by atoms with van der Waals surface area (Å²) in [5, 5.41) is 27.6. The molecule has 5 aromatic rings. The molecule has 0 saturated carbocycles. The Kier molecular flexibility index (Phi) is 11.4. The molecular formula is C34H26F4N4O8. The van der Waals surface area contributed by atoms with Crippen molar-refractivity contribution in [2.24, 2.45) is 0 Å². The molecule has 6 N–H and O–H groups in total. The van der Waals surface area contributed by atoms with Gasteiger partial charge in [0.2, 0.25) is 34.8 Å². The lowest BCUT2D eigenvalue weighted by Crippen LogP contribution is -2.20. The third-order valence-corrected chi connectivity index (χ3v) is 6.82. The summed E-state index contributed by atoms with van der Waals surface area (Å²) in [6, 6.07) is 21.8. The molecule has 4 amide bonds. The third-order valence-electron chi connectivity index (χ3n) is 6.82. The number of rotatable bonds is 12. The number of hydrogen-bond donors (Lipinski definition) is 6. The third kappa shape index (κ3) is 8.63. The van der Waals surface area contributed by atoms with Gasteiger partial charge >= 0.3 is 12.1 Å². The smallest absolute Gasteiger partial charge is 0.323 e. The summed E-state index contributed by atoms with van der Waals surface area (Å²) in [4.78, 5) is 33.1. The minimum atomic E-state index is -1.87. The Morgan fingerprint density at radius 2 is 0.840 bits per heavy atom. The molecule has 0 saturated heterocycles. The Labute approximate surface area is 280 Å². The number of amides is 4. The van der Waals surface area contributed by atoms with Gasteiger partial charge < -0.3 is 30.7 Å². The predicted molar refractivity (Wildman–Crippen MR) is 172 cm³/mol. The highest BCUT2D eigenvalue weighted by Crippen LogP contribution is 2.39. The maximum Gasteiger partial charge on any atom is 0.323 e. The normalized spacial score (nSPS) is 10.7. The lowest BCUT2D eigenvalue weighted by Gasteiger charge is -2.14. The summed E-state index contributed by atoms with van der Waals surface area (Å²) in [6.07, 6.45) is 0. The van der Waals surface area contributed by atoms with Crippen molar-refractivity contribution in [3.63, 3.8) is 0 Å². The monoisotopic (exact) mass is 694 g/mol. The maximum atomic E-state index is 14.9. The van der Waals surface area contributed by atoms with Crippen LogP contribution < -0.4 is 30.7 Å². The zero-order valence-electron chi connectivity index (χ0n) is 25.5. The first-order valence-corrected chi connectivity index (χ1v) is 14.4. The maximum absolute atomic E-state index is 14.9. The molecule has 0 spiro atoms. The average molecular weight is 695 g/mol. The van der Waals surface area contributed by atoms with Crippen LogP contribution in [0.4, 0.5) is 49.9 Å². The summed E-state index contributed by atoms with van der Waals surface area (Å²) < 4.78 is 70.0. The topological polar surface area (TPSA) is 160 Å². The van der Waals surface area contributed by atoms with Crippen LogP contribution in [0.15, 0.2) is 97.1 Å². The summed E-state index contributed by atoms with van der Waals surface area (Å²) in [5.74, 6) is -10.6. The van der Waals surface area contributed by atoms with E-state index in [0.717, 1.165) is 0 Å². The fraction of sp³-hybridized carbons (Fsp3) is 0.0588. The van der Waals surface area contributed by atoms with Gasteiger partial charge in [-0.1, -0.05) is 36.4 Å². The Morgan fingerprint density at radius 3 is 1.18 bits per heavy atom. The molecular weight excluding hydrogens is 668 g/mol. The molecule has 0 aliphatic heterocycles. The van der Waals surface area contributed by atoms with Crippen LogP contribution in [0.5, 0.6) is 23.0 Å². The van der Waals surface area contributed by atoms with Crippen LogP contribution in [-0.2, 0) is 23.0 Å². The number of urea groups is 2. The summed E-state index contributed by atoms with van der Waals surface area (Å²) >= 11 is 0. The van der Waals surface area contributed by atoms with Gasteiger partial charge in [0.05, 0.1) is 0 Å². The lowest BCUT2D eigenvalue weighted by atomic mass is 10.2. The van der Waals surface area contributed by atoms with Gasteiger partial charge in [-0.3, -0.25) is 10.5 Å². The lowest BCUT2D eigenvalue weighted by molar-refractivity contribution is -0.252. The number of hydrogen-bond acceptors (Lipinski definition) is 8. The van der Waals surface area contributed by atoms with Gasteiger partial charge in [0.25, 0.3) is 0 Å². The van der Waals surface area contributed by atoms with Crippen LogP contribution >= 0.6 is 0 Å². The van der Waals surface area contributed by atoms with Crippen molar-refractivity contribution in [2.45, 2.75) is 13.2 Å². The molecule has 258 valence electrons. The van der Waals surface area contributed by atoms with Crippen molar-refractivity contribution in [3.8, 4) is 23.0 Å². The van der Waals surface area contributed by atoms with Crippen LogP contribution in [0.1, 0.15) is 11.1 Å². The van der Waals surface area contributed by atoms with Crippen molar-refractivity contribution >= 4 is 34.8 Å². The highest BCUT2D eigenvalue weighted by atomic mass is 19.2. The zero-order chi connectivity index (χ0) is 35.6. The minimum absolute atomic E-state index is 0.169. The first-order chi connectivity index (χ1) is 24.2. The summed E-state index contributed by atoms with van der Waals surface area (Å²) in [7, 11) is 0. The molecule has 16 heteroatoms. The van der Waals surface area contributed by atoms with Gasteiger partial charge in [-0.2, -0.15) is 17.6 Å². The number of nitrogens with one attached hydrogen (secondary N) is 4. The van der Waals surface area contributed by atoms with Gasteiger partial charge in [-0.15, -0.1) is 0 Å². The standard InChI is InChI=1S/C34H26F4N4O8/c35-27-29(37)32(50-24-15-11-22(12-16-24)40-34(44)42-26-8-4-2-6-20(26)18-48-46)30(38)28(36)31(27)49-23-13-9-21(10-14-23)39-33(43)41-25-7-3-1-5-19(25)17-47-45/h1-16,45-46H,17-18H2,(H2,39,41,43)(H2,40,42,44). The molecule has 0 atom stereocenters. The van der Waals surface area contributed by atoms with E-state index >= 15 is 0 Å². The molecule has 12 nitrogen and oxygen atoms in total. The van der Waals surface area contributed by atoms with Crippen LogP contribution in [0.2, 0.25) is 0 Å². The fourth-order valence-corrected chi connectivity index (χ4v) is 4.46. The second kappa shape index (κ2) is 16.3. The van der Waals surface area contributed by atoms with Crippen molar-refractivity contribution in [1.82, 2.24) is 0 Å². The molecule has 0 aromatic heterocycles. The summed E-state index contributed by atoms with van der Waals surface area (Å²) in [6.45, 7) is -0.338. The quantitative estimate of drug-likeness (QED) is 0.0326.